The van der Waals surface area contributed by atoms with Crippen LogP contribution in [-0.2, 0) is 5.60 Å². The molecule has 1 unspecified atom stereocenters. The molecule has 1 saturated carbocycles. The summed E-state index contributed by atoms with van der Waals surface area (Å²) in [7, 11) is 0. The lowest BCUT2D eigenvalue weighted by molar-refractivity contribution is -0.0240. The van der Waals surface area contributed by atoms with Crippen LogP contribution in [0, 0.1) is 12.8 Å². The molecule has 27 heavy (non-hydrogen) atoms. The van der Waals surface area contributed by atoms with Gasteiger partial charge in [-0.2, -0.15) is 5.21 Å². The molecule has 8 heteroatoms. The number of hydrogen-bond donors (Lipinski definition) is 3. The summed E-state index contributed by atoms with van der Waals surface area (Å²) in [6, 6.07) is 6.00. The highest BCUT2D eigenvalue weighted by Gasteiger charge is 2.39. The van der Waals surface area contributed by atoms with Crippen LogP contribution in [0.25, 0.3) is 10.4 Å². The number of nitrogens with two attached hydrogens (primary N) is 1. The molecule has 4 rings (SSSR count). The number of anilines is 1. The fourth-order valence-electron chi connectivity index (χ4n) is 4.03. The maximum Gasteiger partial charge on any atom is 0.177 e. The Morgan fingerprint density at radius 1 is 1.22 bits per heavy atom. The Morgan fingerprint density at radius 2 is 2.00 bits per heavy atom. The molecule has 2 aromatic heterocycles. The molecular formula is C19H24N6OS. The number of aliphatic hydroxyl groups is 1. The summed E-state index contributed by atoms with van der Waals surface area (Å²) in [6.45, 7) is 3.92. The number of nitrogen functional groups attached to an aromatic ring is 1. The van der Waals surface area contributed by atoms with Gasteiger partial charge >= 0.3 is 0 Å². The number of H-pyrrole nitrogens is 1. The normalized spacial score (nSPS) is 22.5. The molecule has 0 bridgehead atoms. The second kappa shape index (κ2) is 7.01. The smallest absolute Gasteiger partial charge is 0.177 e. The summed E-state index contributed by atoms with van der Waals surface area (Å²) in [5.41, 5.74) is 7.94. The molecule has 1 aromatic carbocycles. The molecule has 1 aliphatic carbocycles. The lowest BCUT2D eigenvalue weighted by atomic mass is 9.74. The number of rotatable bonds is 4. The Kier molecular flexibility index (Phi) is 4.69. The van der Waals surface area contributed by atoms with Gasteiger partial charge in [0.2, 0.25) is 0 Å². The average Bonchev–Trinajstić information content (AvgIpc) is 3.33. The minimum absolute atomic E-state index is 0.169. The Hall–Kier alpha value is -2.32. The third kappa shape index (κ3) is 3.59. The van der Waals surface area contributed by atoms with Crippen molar-refractivity contribution in [2.24, 2.45) is 5.92 Å². The zero-order valence-corrected chi connectivity index (χ0v) is 16.3. The molecular weight excluding hydrogens is 360 g/mol. The predicted molar refractivity (Wildman–Crippen MR) is 105 cm³/mol. The van der Waals surface area contributed by atoms with E-state index >= 15 is 0 Å². The van der Waals surface area contributed by atoms with E-state index < -0.39 is 5.60 Å². The molecule has 1 fully saturated rings. The van der Waals surface area contributed by atoms with Crippen LogP contribution < -0.4 is 5.73 Å². The lowest BCUT2D eigenvalue weighted by Gasteiger charge is -2.36. The largest absolute Gasteiger partial charge is 0.399 e. The van der Waals surface area contributed by atoms with Crippen molar-refractivity contribution in [3.05, 3.63) is 40.8 Å². The molecule has 3 aromatic rings. The number of nitrogens with one attached hydrogen (secondary N) is 1. The van der Waals surface area contributed by atoms with E-state index in [4.69, 9.17) is 5.73 Å². The van der Waals surface area contributed by atoms with Gasteiger partial charge in [0.15, 0.2) is 5.82 Å². The number of tetrazole rings is 1. The number of benzene rings is 1. The minimum atomic E-state index is -0.944. The minimum Gasteiger partial charge on any atom is -0.399 e. The fourth-order valence-corrected chi connectivity index (χ4v) is 5.06. The third-order valence-corrected chi connectivity index (χ3v) is 6.84. The Bertz CT molecular complexity index is 892. The van der Waals surface area contributed by atoms with Crippen molar-refractivity contribution in [1.29, 1.82) is 0 Å². The van der Waals surface area contributed by atoms with Crippen molar-refractivity contribution in [2.45, 2.75) is 51.0 Å². The highest BCUT2D eigenvalue weighted by atomic mass is 32.1. The Balaban J connectivity index is 1.50. The quantitative estimate of drug-likeness (QED) is 0.594. The average molecular weight is 385 g/mol. The molecule has 0 aliphatic heterocycles. The van der Waals surface area contributed by atoms with Crippen LogP contribution in [0.5, 0.6) is 0 Å². The fraction of sp³-hybridized carbons (Fsp3) is 0.474. The van der Waals surface area contributed by atoms with Gasteiger partial charge in [-0.15, -0.1) is 21.5 Å². The first kappa shape index (κ1) is 18.1. The second-order valence-corrected chi connectivity index (χ2v) is 8.66. The van der Waals surface area contributed by atoms with E-state index in [1.54, 1.807) is 11.3 Å². The van der Waals surface area contributed by atoms with Gasteiger partial charge in [-0.05, 0) is 68.7 Å². The van der Waals surface area contributed by atoms with Crippen molar-refractivity contribution >= 4 is 17.0 Å². The van der Waals surface area contributed by atoms with Crippen molar-refractivity contribution in [1.82, 2.24) is 25.6 Å². The van der Waals surface area contributed by atoms with Crippen LogP contribution in [-0.4, -0.2) is 30.7 Å². The van der Waals surface area contributed by atoms with Crippen LogP contribution in [0.2, 0.25) is 0 Å². The highest BCUT2D eigenvalue weighted by molar-refractivity contribution is 7.15. The van der Waals surface area contributed by atoms with E-state index in [1.807, 2.05) is 32.2 Å². The van der Waals surface area contributed by atoms with Crippen LogP contribution in [0.4, 0.5) is 5.69 Å². The molecule has 0 spiro atoms. The summed E-state index contributed by atoms with van der Waals surface area (Å²) in [4.78, 5) is 5.58. The van der Waals surface area contributed by atoms with Gasteiger partial charge in [0.05, 0.1) is 4.88 Å². The number of aromatic amines is 1. The van der Waals surface area contributed by atoms with Crippen molar-refractivity contribution < 1.29 is 5.11 Å². The molecule has 1 atom stereocenters. The Morgan fingerprint density at radius 3 is 2.67 bits per heavy atom. The number of hydrogen-bond acceptors (Lipinski definition) is 7. The first-order chi connectivity index (χ1) is 12.9. The zero-order chi connectivity index (χ0) is 19.0. The molecule has 1 aliphatic rings. The van der Waals surface area contributed by atoms with Gasteiger partial charge in [0, 0.05) is 17.8 Å². The summed E-state index contributed by atoms with van der Waals surface area (Å²) < 4.78 is 0. The Labute approximate surface area is 162 Å². The van der Waals surface area contributed by atoms with Crippen LogP contribution in [0.1, 0.15) is 54.9 Å². The second-order valence-electron chi connectivity index (χ2n) is 7.63. The third-order valence-electron chi connectivity index (χ3n) is 5.57. The lowest BCUT2D eigenvalue weighted by Crippen LogP contribution is -2.34. The molecule has 0 radical (unpaired) electrons. The number of aryl methyl sites for hydroxylation is 1. The van der Waals surface area contributed by atoms with Crippen molar-refractivity contribution in [2.75, 3.05) is 5.73 Å². The van der Waals surface area contributed by atoms with Gasteiger partial charge in [-0.3, -0.25) is 0 Å². The van der Waals surface area contributed by atoms with E-state index in [-0.39, 0.29) is 5.92 Å². The van der Waals surface area contributed by atoms with Crippen LogP contribution in [0.15, 0.2) is 24.4 Å². The van der Waals surface area contributed by atoms with Gasteiger partial charge < -0.3 is 10.8 Å². The maximum atomic E-state index is 11.3. The first-order valence-electron chi connectivity index (χ1n) is 9.23. The van der Waals surface area contributed by atoms with Gasteiger partial charge in [-0.1, -0.05) is 11.3 Å². The van der Waals surface area contributed by atoms with E-state index in [9.17, 15) is 5.11 Å². The van der Waals surface area contributed by atoms with Crippen LogP contribution >= 0.6 is 11.3 Å². The van der Waals surface area contributed by atoms with Gasteiger partial charge in [0.25, 0.3) is 0 Å². The predicted octanol–water partition coefficient (Wildman–Crippen LogP) is 3.40. The molecule has 0 saturated heterocycles. The summed E-state index contributed by atoms with van der Waals surface area (Å²) in [5.74, 6) is 1.27. The SMILES string of the molecule is Cc1cc(N)cc(-c2cnc(C(C)(O)[C@H]3CC[C@H](c4nn[nH]n4)CC3)s2)c1. The standard InChI is InChI=1S/C19H24N6OS/c1-11-7-13(9-15(20)8-11)16-10-21-18(27-16)19(2,26)14-5-3-12(4-6-14)17-22-24-25-23-17/h7-10,12,14,26H,3-6,20H2,1-2H3,(H,22,23,24,25)/t12-,14-,19?. The van der Waals surface area contributed by atoms with E-state index in [0.29, 0.717) is 5.92 Å². The summed E-state index contributed by atoms with van der Waals surface area (Å²) in [5, 5.41) is 26.4. The molecule has 2 heterocycles. The maximum absolute atomic E-state index is 11.3. The van der Waals surface area contributed by atoms with E-state index in [2.05, 4.69) is 31.7 Å². The molecule has 7 nitrogen and oxygen atoms in total. The summed E-state index contributed by atoms with van der Waals surface area (Å²) >= 11 is 1.55. The molecule has 142 valence electrons. The van der Waals surface area contributed by atoms with Crippen molar-refractivity contribution in [3.8, 4) is 10.4 Å². The number of aromatic nitrogens is 5. The van der Waals surface area contributed by atoms with Gasteiger partial charge in [-0.25, -0.2) is 4.98 Å². The molecule has 0 amide bonds. The van der Waals surface area contributed by atoms with E-state index in [0.717, 1.165) is 58.2 Å². The number of thiazole rings is 1. The first-order valence-corrected chi connectivity index (χ1v) is 10.0. The van der Waals surface area contributed by atoms with Gasteiger partial charge in [0.1, 0.15) is 10.6 Å². The topological polar surface area (TPSA) is 114 Å². The van der Waals surface area contributed by atoms with E-state index in [1.165, 1.54) is 0 Å². The number of nitrogens with zero attached hydrogens (tertiary/aromatic N) is 4. The van der Waals surface area contributed by atoms with Crippen molar-refractivity contribution in [3.63, 3.8) is 0 Å². The molecule has 4 N–H and O–H groups in total. The summed E-state index contributed by atoms with van der Waals surface area (Å²) in [6.07, 6.45) is 5.57. The van der Waals surface area contributed by atoms with Crippen LogP contribution in [0.3, 0.4) is 0 Å². The monoisotopic (exact) mass is 384 g/mol. The highest BCUT2D eigenvalue weighted by Crippen LogP contribution is 2.45. The zero-order valence-electron chi connectivity index (χ0n) is 15.5.